The summed E-state index contributed by atoms with van der Waals surface area (Å²) in [5, 5.41) is 6.17. The second kappa shape index (κ2) is 9.71. The van der Waals surface area contributed by atoms with Gasteiger partial charge in [-0.3, -0.25) is 4.79 Å². The van der Waals surface area contributed by atoms with Crippen molar-refractivity contribution in [2.45, 2.75) is 10.8 Å². The van der Waals surface area contributed by atoms with Crippen LogP contribution in [0.3, 0.4) is 0 Å². The summed E-state index contributed by atoms with van der Waals surface area (Å²) >= 11 is 1.65. The van der Waals surface area contributed by atoms with Gasteiger partial charge >= 0.3 is 0 Å². The summed E-state index contributed by atoms with van der Waals surface area (Å²) in [6, 6.07) is 18.4. The number of para-hydroxylation sites is 1. The van der Waals surface area contributed by atoms with E-state index in [-0.39, 0.29) is 16.7 Å². The number of ether oxygens (including phenoxy) is 1. The molecule has 0 radical (unpaired) electrons. The third-order valence-corrected chi connectivity index (χ3v) is 8.93. The number of morpholine rings is 1. The van der Waals surface area contributed by atoms with Crippen molar-refractivity contribution in [1.29, 1.82) is 0 Å². The van der Waals surface area contributed by atoms with Crippen molar-refractivity contribution in [2.75, 3.05) is 32.8 Å². The van der Waals surface area contributed by atoms with Gasteiger partial charge < -0.3 is 15.0 Å². The molecule has 7 nitrogen and oxygen atoms in total. The molecule has 1 saturated heterocycles. The number of aromatic nitrogens is 1. The number of thiophene rings is 1. The highest BCUT2D eigenvalue weighted by Gasteiger charge is 2.27. The summed E-state index contributed by atoms with van der Waals surface area (Å²) in [5.74, 6) is -0.333. The van der Waals surface area contributed by atoms with E-state index >= 15 is 0 Å². The molecule has 176 valence electrons. The maximum atomic E-state index is 13.1. The predicted octanol–water partition coefficient (Wildman–Crippen LogP) is 3.81. The molecule has 0 aliphatic carbocycles. The van der Waals surface area contributed by atoms with Crippen molar-refractivity contribution in [3.63, 3.8) is 0 Å². The number of H-pyrrole nitrogens is 1. The van der Waals surface area contributed by atoms with Gasteiger partial charge in [0.2, 0.25) is 10.0 Å². The molecule has 4 aromatic rings. The summed E-state index contributed by atoms with van der Waals surface area (Å²) in [6.45, 7) is 1.76. The number of benzene rings is 2. The van der Waals surface area contributed by atoms with Crippen LogP contribution in [0.5, 0.6) is 0 Å². The summed E-state index contributed by atoms with van der Waals surface area (Å²) in [6.07, 6.45) is 2.00. The lowest BCUT2D eigenvalue weighted by molar-refractivity contribution is 0.0730. The van der Waals surface area contributed by atoms with Gasteiger partial charge in [0, 0.05) is 53.1 Å². The maximum absolute atomic E-state index is 13.1. The minimum absolute atomic E-state index is 0.0274. The van der Waals surface area contributed by atoms with E-state index in [2.05, 4.69) is 22.4 Å². The van der Waals surface area contributed by atoms with Crippen LogP contribution >= 0.6 is 11.3 Å². The molecule has 1 atom stereocenters. The van der Waals surface area contributed by atoms with Gasteiger partial charge in [-0.25, -0.2) is 8.42 Å². The average Bonchev–Trinajstić information content (AvgIpc) is 3.56. The van der Waals surface area contributed by atoms with E-state index in [1.165, 1.54) is 16.4 Å². The Morgan fingerprint density at radius 3 is 2.71 bits per heavy atom. The Hall–Kier alpha value is -2.98. The summed E-state index contributed by atoms with van der Waals surface area (Å²) in [4.78, 5) is 17.6. The number of carbonyl (C=O) groups excluding carboxylic acids is 1. The maximum Gasteiger partial charge on any atom is 0.251 e. The van der Waals surface area contributed by atoms with Gasteiger partial charge in [-0.1, -0.05) is 30.3 Å². The van der Waals surface area contributed by atoms with E-state index < -0.39 is 10.0 Å². The molecule has 0 spiro atoms. The van der Waals surface area contributed by atoms with Crippen LogP contribution in [0.2, 0.25) is 0 Å². The number of hydrogen-bond donors (Lipinski definition) is 2. The molecule has 0 bridgehead atoms. The molecule has 9 heteroatoms. The number of fused-ring (bicyclic) bond motifs is 1. The quantitative estimate of drug-likeness (QED) is 0.408. The van der Waals surface area contributed by atoms with Crippen molar-refractivity contribution in [2.24, 2.45) is 0 Å². The smallest absolute Gasteiger partial charge is 0.251 e. The number of sulfonamides is 1. The standard InChI is InChI=1S/C25H25N3O4S2/c29-25(18-5-3-6-19(15-18)34(30,31)28-10-12-32-13-11-28)27-17-22(24-9-4-14-33-24)21-16-26-23-8-2-1-7-20(21)23/h1-9,14-16,22,26H,10-13,17H2,(H,27,29). The van der Waals surface area contributed by atoms with Crippen LogP contribution in [0.15, 0.2) is 77.1 Å². The Morgan fingerprint density at radius 1 is 1.09 bits per heavy atom. The Labute approximate surface area is 202 Å². The van der Waals surface area contributed by atoms with Crippen molar-refractivity contribution >= 4 is 38.2 Å². The molecule has 2 N–H and O–H groups in total. The van der Waals surface area contributed by atoms with E-state index in [4.69, 9.17) is 4.74 Å². The van der Waals surface area contributed by atoms with Crippen LogP contribution < -0.4 is 5.32 Å². The Kier molecular flexibility index (Phi) is 6.51. The fourth-order valence-electron chi connectivity index (χ4n) is 4.27. The first-order valence-corrected chi connectivity index (χ1v) is 13.4. The molecule has 1 amide bonds. The molecular weight excluding hydrogens is 470 g/mol. The number of nitrogens with zero attached hydrogens (tertiary/aromatic N) is 1. The summed E-state index contributed by atoms with van der Waals surface area (Å²) in [5.41, 5.74) is 2.48. The van der Waals surface area contributed by atoms with Crippen LogP contribution in [0.4, 0.5) is 0 Å². The molecular formula is C25H25N3O4S2. The molecule has 34 heavy (non-hydrogen) atoms. The highest BCUT2D eigenvalue weighted by molar-refractivity contribution is 7.89. The van der Waals surface area contributed by atoms with Crippen molar-refractivity contribution in [3.05, 3.63) is 88.2 Å². The van der Waals surface area contributed by atoms with Crippen LogP contribution in [-0.2, 0) is 14.8 Å². The fourth-order valence-corrected chi connectivity index (χ4v) is 6.57. The number of hydrogen-bond acceptors (Lipinski definition) is 5. The number of carbonyl (C=O) groups is 1. The van der Waals surface area contributed by atoms with Crippen LogP contribution in [-0.4, -0.2) is 56.5 Å². The van der Waals surface area contributed by atoms with Crippen molar-refractivity contribution < 1.29 is 17.9 Å². The lowest BCUT2D eigenvalue weighted by Crippen LogP contribution is -2.40. The monoisotopic (exact) mass is 495 g/mol. The Balaban J connectivity index is 1.37. The lowest BCUT2D eigenvalue weighted by atomic mass is 9.96. The molecule has 0 saturated carbocycles. The second-order valence-corrected chi connectivity index (χ2v) is 11.0. The third-order valence-electron chi connectivity index (χ3n) is 6.05. The summed E-state index contributed by atoms with van der Waals surface area (Å²) < 4.78 is 32.7. The molecule has 2 aromatic heterocycles. The van der Waals surface area contributed by atoms with Gasteiger partial charge in [0.25, 0.3) is 5.91 Å². The van der Waals surface area contributed by atoms with E-state index in [1.54, 1.807) is 23.5 Å². The SMILES string of the molecule is O=C(NCC(c1cccs1)c1c[nH]c2ccccc12)c1cccc(S(=O)(=O)N2CCOCC2)c1. The highest BCUT2D eigenvalue weighted by Crippen LogP contribution is 2.33. The summed E-state index contributed by atoms with van der Waals surface area (Å²) in [7, 11) is -3.67. The third kappa shape index (κ3) is 4.52. The second-order valence-electron chi connectivity index (χ2n) is 8.11. The molecule has 3 heterocycles. The Morgan fingerprint density at radius 2 is 1.91 bits per heavy atom. The van der Waals surface area contributed by atoms with Crippen LogP contribution in [0.25, 0.3) is 10.9 Å². The largest absolute Gasteiger partial charge is 0.379 e. The number of amides is 1. The predicted molar refractivity (Wildman–Crippen MR) is 133 cm³/mol. The number of aromatic amines is 1. The lowest BCUT2D eigenvalue weighted by Gasteiger charge is -2.26. The Bertz CT molecular complexity index is 1390. The van der Waals surface area contributed by atoms with Crippen molar-refractivity contribution in [1.82, 2.24) is 14.6 Å². The molecule has 1 aliphatic rings. The van der Waals surface area contributed by atoms with Gasteiger partial charge in [-0.15, -0.1) is 11.3 Å². The van der Waals surface area contributed by atoms with Gasteiger partial charge in [0.05, 0.1) is 18.1 Å². The van der Waals surface area contributed by atoms with Gasteiger partial charge in [-0.05, 0) is 41.3 Å². The van der Waals surface area contributed by atoms with E-state index in [9.17, 15) is 13.2 Å². The van der Waals surface area contributed by atoms with Gasteiger partial charge in [-0.2, -0.15) is 4.31 Å². The first-order chi connectivity index (χ1) is 16.5. The van der Waals surface area contributed by atoms with Gasteiger partial charge in [0.1, 0.15) is 0 Å². The van der Waals surface area contributed by atoms with E-state index in [0.29, 0.717) is 38.4 Å². The van der Waals surface area contributed by atoms with Gasteiger partial charge in [0.15, 0.2) is 0 Å². The van der Waals surface area contributed by atoms with Crippen LogP contribution in [0, 0.1) is 0 Å². The molecule has 5 rings (SSSR count). The van der Waals surface area contributed by atoms with Crippen molar-refractivity contribution in [3.8, 4) is 0 Å². The normalized spacial score (nSPS) is 15.9. The number of nitrogens with one attached hydrogen (secondary N) is 2. The van der Waals surface area contributed by atoms with E-state index in [1.807, 2.05) is 35.8 Å². The van der Waals surface area contributed by atoms with Crippen LogP contribution in [0.1, 0.15) is 26.7 Å². The molecule has 2 aromatic carbocycles. The average molecular weight is 496 g/mol. The minimum atomic E-state index is -3.67. The topological polar surface area (TPSA) is 91.5 Å². The molecule has 1 fully saturated rings. The number of rotatable bonds is 7. The zero-order chi connectivity index (χ0) is 23.5. The fraction of sp³-hybridized carbons (Fsp3) is 0.240. The first-order valence-electron chi connectivity index (χ1n) is 11.1. The minimum Gasteiger partial charge on any atom is -0.379 e. The van der Waals surface area contributed by atoms with E-state index in [0.717, 1.165) is 21.3 Å². The molecule has 1 unspecified atom stereocenters. The highest BCUT2D eigenvalue weighted by atomic mass is 32.2. The zero-order valence-electron chi connectivity index (χ0n) is 18.4. The first kappa shape index (κ1) is 22.8. The molecule has 1 aliphatic heterocycles. The zero-order valence-corrected chi connectivity index (χ0v) is 20.1.